The molecule has 6 heteroatoms. The second-order valence-electron chi connectivity index (χ2n) is 6.94. The summed E-state index contributed by atoms with van der Waals surface area (Å²) in [6, 6.07) is 5.84. The van der Waals surface area contributed by atoms with Crippen molar-refractivity contribution in [1.29, 1.82) is 0 Å². The molecule has 0 aliphatic carbocycles. The van der Waals surface area contributed by atoms with Crippen LogP contribution in [0.5, 0.6) is 0 Å². The highest BCUT2D eigenvalue weighted by Gasteiger charge is 2.41. The van der Waals surface area contributed by atoms with Crippen LogP contribution >= 0.6 is 11.3 Å². The SMILES string of the molecule is Cc1ccsc1CN1CC[C@H]2C[C@@H](C(=O)Nc3cccnc3)O[C@H]2C1. The fourth-order valence-corrected chi connectivity index (χ4v) is 4.68. The Morgan fingerprint density at radius 1 is 1.48 bits per heavy atom. The summed E-state index contributed by atoms with van der Waals surface area (Å²) in [5, 5.41) is 5.07. The number of rotatable bonds is 4. The van der Waals surface area contributed by atoms with E-state index in [1.165, 1.54) is 10.4 Å². The third-order valence-corrected chi connectivity index (χ3v) is 6.20. The molecule has 2 aliphatic heterocycles. The zero-order chi connectivity index (χ0) is 17.2. The van der Waals surface area contributed by atoms with Crippen LogP contribution in [0.3, 0.4) is 0 Å². The number of carbonyl (C=O) groups is 1. The second kappa shape index (κ2) is 7.23. The van der Waals surface area contributed by atoms with Gasteiger partial charge in [-0.3, -0.25) is 14.7 Å². The predicted molar refractivity (Wildman–Crippen MR) is 98.6 cm³/mol. The molecule has 1 amide bonds. The summed E-state index contributed by atoms with van der Waals surface area (Å²) in [7, 11) is 0. The number of likely N-dealkylation sites (tertiary alicyclic amines) is 1. The van der Waals surface area contributed by atoms with Gasteiger partial charge in [0.15, 0.2) is 0 Å². The van der Waals surface area contributed by atoms with Crippen molar-refractivity contribution in [2.75, 3.05) is 18.4 Å². The average Bonchev–Trinajstić information content (AvgIpc) is 3.22. The topological polar surface area (TPSA) is 54.5 Å². The van der Waals surface area contributed by atoms with Crippen LogP contribution in [-0.2, 0) is 16.1 Å². The first-order valence-corrected chi connectivity index (χ1v) is 9.68. The van der Waals surface area contributed by atoms with Gasteiger partial charge >= 0.3 is 0 Å². The van der Waals surface area contributed by atoms with Crippen molar-refractivity contribution >= 4 is 22.9 Å². The number of piperidine rings is 1. The van der Waals surface area contributed by atoms with E-state index in [0.29, 0.717) is 5.92 Å². The highest BCUT2D eigenvalue weighted by molar-refractivity contribution is 7.10. The van der Waals surface area contributed by atoms with E-state index >= 15 is 0 Å². The molecular formula is C19H23N3O2S. The molecule has 0 saturated carbocycles. The van der Waals surface area contributed by atoms with Crippen molar-refractivity contribution in [3.8, 4) is 0 Å². The molecule has 2 fully saturated rings. The van der Waals surface area contributed by atoms with Crippen LogP contribution in [0.1, 0.15) is 23.3 Å². The molecule has 0 bridgehead atoms. The molecule has 3 atom stereocenters. The number of anilines is 1. The zero-order valence-electron chi connectivity index (χ0n) is 14.4. The van der Waals surface area contributed by atoms with Gasteiger partial charge in [-0.05, 0) is 61.4 Å². The van der Waals surface area contributed by atoms with Gasteiger partial charge in [0.1, 0.15) is 6.10 Å². The molecule has 0 aromatic carbocycles. The number of hydrogen-bond acceptors (Lipinski definition) is 5. The van der Waals surface area contributed by atoms with Crippen LogP contribution in [-0.4, -0.2) is 41.1 Å². The quantitative estimate of drug-likeness (QED) is 0.914. The van der Waals surface area contributed by atoms with Crippen molar-refractivity contribution < 1.29 is 9.53 Å². The Kier molecular flexibility index (Phi) is 4.83. The van der Waals surface area contributed by atoms with Crippen molar-refractivity contribution in [1.82, 2.24) is 9.88 Å². The lowest BCUT2D eigenvalue weighted by molar-refractivity contribution is -0.127. The van der Waals surface area contributed by atoms with Gasteiger partial charge in [-0.2, -0.15) is 0 Å². The molecule has 0 spiro atoms. The van der Waals surface area contributed by atoms with Gasteiger partial charge in [0.05, 0.1) is 18.0 Å². The third-order valence-electron chi connectivity index (χ3n) is 5.19. The monoisotopic (exact) mass is 357 g/mol. The minimum absolute atomic E-state index is 0.0527. The van der Waals surface area contributed by atoms with E-state index in [1.807, 2.05) is 23.5 Å². The van der Waals surface area contributed by atoms with E-state index in [4.69, 9.17) is 4.74 Å². The number of amides is 1. The van der Waals surface area contributed by atoms with E-state index in [2.05, 4.69) is 33.6 Å². The maximum atomic E-state index is 12.5. The third kappa shape index (κ3) is 3.76. The van der Waals surface area contributed by atoms with Gasteiger partial charge in [0.25, 0.3) is 5.91 Å². The predicted octanol–water partition coefficient (Wildman–Crippen LogP) is 3.07. The maximum Gasteiger partial charge on any atom is 0.253 e. The molecule has 1 N–H and O–H groups in total. The van der Waals surface area contributed by atoms with E-state index in [9.17, 15) is 4.79 Å². The summed E-state index contributed by atoms with van der Waals surface area (Å²) >= 11 is 1.82. The average molecular weight is 357 g/mol. The Hall–Kier alpha value is -1.76. The van der Waals surface area contributed by atoms with Gasteiger partial charge in [-0.15, -0.1) is 11.3 Å². The van der Waals surface area contributed by atoms with Crippen LogP contribution < -0.4 is 5.32 Å². The molecule has 0 radical (unpaired) electrons. The number of aryl methyl sites for hydroxylation is 1. The van der Waals surface area contributed by atoms with Crippen LogP contribution in [0.25, 0.3) is 0 Å². The highest BCUT2D eigenvalue weighted by Crippen LogP contribution is 2.34. The first kappa shape index (κ1) is 16.7. The van der Waals surface area contributed by atoms with Crippen molar-refractivity contribution in [2.45, 2.75) is 38.5 Å². The number of fused-ring (bicyclic) bond motifs is 1. The highest BCUT2D eigenvalue weighted by atomic mass is 32.1. The van der Waals surface area contributed by atoms with Crippen LogP contribution in [0.2, 0.25) is 0 Å². The fourth-order valence-electron chi connectivity index (χ4n) is 3.74. The summed E-state index contributed by atoms with van der Waals surface area (Å²) in [6.45, 7) is 5.16. The number of hydrogen-bond donors (Lipinski definition) is 1. The van der Waals surface area contributed by atoms with E-state index in [0.717, 1.165) is 38.2 Å². The summed E-state index contributed by atoms with van der Waals surface area (Å²) in [6.07, 6.45) is 5.09. The van der Waals surface area contributed by atoms with E-state index < -0.39 is 0 Å². The Bertz CT molecular complexity index is 733. The number of pyridine rings is 1. The lowest BCUT2D eigenvalue weighted by atomic mass is 9.91. The Morgan fingerprint density at radius 2 is 2.40 bits per heavy atom. The first-order chi connectivity index (χ1) is 12.2. The Morgan fingerprint density at radius 3 is 3.16 bits per heavy atom. The first-order valence-electron chi connectivity index (χ1n) is 8.81. The summed E-state index contributed by atoms with van der Waals surface area (Å²) in [5.41, 5.74) is 2.09. The molecule has 4 rings (SSSR count). The number of aromatic nitrogens is 1. The maximum absolute atomic E-state index is 12.5. The number of ether oxygens (including phenoxy) is 1. The largest absolute Gasteiger partial charge is 0.364 e. The Balaban J connectivity index is 1.33. The van der Waals surface area contributed by atoms with Gasteiger partial charge in [0, 0.05) is 24.2 Å². The van der Waals surface area contributed by atoms with E-state index in [-0.39, 0.29) is 18.1 Å². The van der Waals surface area contributed by atoms with Gasteiger partial charge in [0.2, 0.25) is 0 Å². The smallest absolute Gasteiger partial charge is 0.253 e. The van der Waals surface area contributed by atoms with Crippen LogP contribution in [0, 0.1) is 12.8 Å². The number of thiophene rings is 1. The molecule has 2 aromatic heterocycles. The van der Waals surface area contributed by atoms with Gasteiger partial charge in [-0.25, -0.2) is 0 Å². The van der Waals surface area contributed by atoms with Crippen molar-refractivity contribution in [3.05, 3.63) is 46.4 Å². The van der Waals surface area contributed by atoms with Crippen LogP contribution in [0.4, 0.5) is 5.69 Å². The molecule has 132 valence electrons. The fraction of sp³-hybridized carbons (Fsp3) is 0.474. The summed E-state index contributed by atoms with van der Waals surface area (Å²) in [4.78, 5) is 20.4. The zero-order valence-corrected chi connectivity index (χ0v) is 15.2. The molecule has 2 aromatic rings. The molecule has 2 saturated heterocycles. The molecule has 5 nitrogen and oxygen atoms in total. The Labute approximate surface area is 152 Å². The number of nitrogens with one attached hydrogen (secondary N) is 1. The molecule has 2 aliphatic rings. The van der Waals surface area contributed by atoms with Crippen molar-refractivity contribution in [2.24, 2.45) is 5.92 Å². The summed E-state index contributed by atoms with van der Waals surface area (Å²) in [5.74, 6) is 0.438. The normalized spacial score (nSPS) is 26.4. The lowest BCUT2D eigenvalue weighted by Crippen LogP contribution is -2.41. The molecule has 4 heterocycles. The molecular weight excluding hydrogens is 334 g/mol. The minimum Gasteiger partial charge on any atom is -0.364 e. The minimum atomic E-state index is -0.348. The standard InChI is InChI=1S/C19H23N3O2S/c1-13-5-8-25-18(13)12-22-7-4-14-9-16(24-17(14)11-22)19(23)21-15-3-2-6-20-10-15/h2-3,5-6,8,10,14,16-17H,4,7,9,11-12H2,1H3,(H,21,23)/t14-,16-,17-/m0/s1. The van der Waals surface area contributed by atoms with Gasteiger partial charge in [-0.1, -0.05) is 0 Å². The molecule has 25 heavy (non-hydrogen) atoms. The number of carbonyl (C=O) groups excluding carboxylic acids is 1. The summed E-state index contributed by atoms with van der Waals surface area (Å²) < 4.78 is 6.11. The lowest BCUT2D eigenvalue weighted by Gasteiger charge is -2.33. The number of nitrogens with zero attached hydrogens (tertiary/aromatic N) is 2. The van der Waals surface area contributed by atoms with Gasteiger partial charge < -0.3 is 10.1 Å². The second-order valence-corrected chi connectivity index (χ2v) is 7.94. The van der Waals surface area contributed by atoms with E-state index in [1.54, 1.807) is 12.4 Å². The molecule has 0 unspecified atom stereocenters. The van der Waals surface area contributed by atoms with Crippen LogP contribution in [0.15, 0.2) is 36.0 Å². The van der Waals surface area contributed by atoms with Crippen molar-refractivity contribution in [3.63, 3.8) is 0 Å².